The van der Waals surface area contributed by atoms with E-state index < -0.39 is 39.4 Å². The third kappa shape index (κ3) is 8.52. The molecular formula is C36H38ClN3O8S2. The molecule has 14 heteroatoms. The summed E-state index contributed by atoms with van der Waals surface area (Å²) >= 11 is 7.39. The molecule has 1 aliphatic rings. The molecule has 2 aromatic carbocycles. The highest BCUT2D eigenvalue weighted by atomic mass is 35.5. The Bertz CT molecular complexity index is 2210. The molecule has 11 nitrogen and oxygen atoms in total. The van der Waals surface area contributed by atoms with Crippen LogP contribution in [0.5, 0.6) is 0 Å². The molecule has 4 aromatic rings. The van der Waals surface area contributed by atoms with Crippen LogP contribution in [0.3, 0.4) is 0 Å². The number of esters is 1. The van der Waals surface area contributed by atoms with Gasteiger partial charge in [-0.2, -0.15) is 4.31 Å². The number of nitrogens with one attached hydrogen (secondary N) is 1. The number of hydrogen-bond donors (Lipinski definition) is 1. The van der Waals surface area contributed by atoms with E-state index in [-0.39, 0.29) is 37.2 Å². The zero-order chi connectivity index (χ0) is 36.2. The van der Waals surface area contributed by atoms with Gasteiger partial charge < -0.3 is 14.5 Å². The summed E-state index contributed by atoms with van der Waals surface area (Å²) in [6, 6.07) is 14.2. The average molecular weight is 740 g/mol. The lowest BCUT2D eigenvalue weighted by atomic mass is 9.91. The second-order valence-corrected chi connectivity index (χ2v) is 16.2. The Morgan fingerprint density at radius 3 is 2.38 bits per heavy atom. The monoisotopic (exact) mass is 739 g/mol. The number of piperidine rings is 1. The van der Waals surface area contributed by atoms with Crippen molar-refractivity contribution in [2.75, 3.05) is 25.0 Å². The van der Waals surface area contributed by atoms with Crippen LogP contribution in [0, 0.1) is 5.41 Å². The summed E-state index contributed by atoms with van der Waals surface area (Å²) in [5.74, 6) is -0.458. The van der Waals surface area contributed by atoms with Crippen LogP contribution in [0.4, 0.5) is 5.69 Å². The molecular weight excluding hydrogens is 702 g/mol. The molecule has 0 aliphatic carbocycles. The highest BCUT2D eigenvalue weighted by Gasteiger charge is 2.27. The second-order valence-electron chi connectivity index (χ2n) is 12.8. The van der Waals surface area contributed by atoms with Crippen molar-refractivity contribution in [1.29, 1.82) is 0 Å². The summed E-state index contributed by atoms with van der Waals surface area (Å²) in [5.41, 5.74) is -0.0805. The number of carbonyl (C=O) groups excluding carboxylic acids is 3. The third-order valence-corrected chi connectivity index (χ3v) is 11.3. The quantitative estimate of drug-likeness (QED) is 0.223. The molecule has 0 spiro atoms. The van der Waals surface area contributed by atoms with E-state index in [1.807, 2.05) is 0 Å². The fourth-order valence-electron chi connectivity index (χ4n) is 5.17. The number of sulfonamides is 1. The number of thiazole rings is 1. The Morgan fingerprint density at radius 2 is 1.72 bits per heavy atom. The molecule has 1 N–H and O–H groups in total. The van der Waals surface area contributed by atoms with Crippen molar-refractivity contribution >= 4 is 68.5 Å². The maximum Gasteiger partial charge on any atom is 0.338 e. The summed E-state index contributed by atoms with van der Waals surface area (Å²) in [7, 11) is -3.79. The number of nitrogens with zero attached hydrogens (tertiary/aromatic N) is 2. The molecule has 1 fully saturated rings. The molecule has 2 aromatic heterocycles. The number of aromatic nitrogens is 1. The van der Waals surface area contributed by atoms with E-state index in [0.717, 1.165) is 30.6 Å². The van der Waals surface area contributed by atoms with Crippen LogP contribution in [0.1, 0.15) is 63.1 Å². The fraction of sp³-hybridized carbons (Fsp3) is 0.333. The number of halogens is 1. The first-order chi connectivity index (χ1) is 23.7. The van der Waals surface area contributed by atoms with Crippen LogP contribution in [-0.4, -0.2) is 54.6 Å². The minimum absolute atomic E-state index is 0.00115. The van der Waals surface area contributed by atoms with Crippen LogP contribution in [0.25, 0.3) is 23.5 Å². The molecule has 1 amide bonds. The van der Waals surface area contributed by atoms with Gasteiger partial charge in [0.05, 0.1) is 32.3 Å². The van der Waals surface area contributed by atoms with E-state index in [1.165, 1.54) is 39.2 Å². The van der Waals surface area contributed by atoms with E-state index in [4.69, 9.17) is 20.8 Å². The van der Waals surface area contributed by atoms with Crippen molar-refractivity contribution in [2.45, 2.75) is 58.4 Å². The van der Waals surface area contributed by atoms with Gasteiger partial charge in [-0.3, -0.25) is 19.0 Å². The van der Waals surface area contributed by atoms with Gasteiger partial charge in [0.25, 0.3) is 5.56 Å². The van der Waals surface area contributed by atoms with Gasteiger partial charge in [-0.25, -0.2) is 13.2 Å². The smallest absolute Gasteiger partial charge is 0.338 e. The molecule has 0 radical (unpaired) electrons. The second kappa shape index (κ2) is 15.3. The van der Waals surface area contributed by atoms with Gasteiger partial charge in [0, 0.05) is 36.2 Å². The highest BCUT2D eigenvalue weighted by Crippen LogP contribution is 2.28. The summed E-state index contributed by atoms with van der Waals surface area (Å²) < 4.78 is 40.6. The lowest BCUT2D eigenvalue weighted by Gasteiger charge is -2.26. The van der Waals surface area contributed by atoms with E-state index in [2.05, 4.69) is 5.32 Å². The van der Waals surface area contributed by atoms with E-state index in [0.29, 0.717) is 35.7 Å². The summed E-state index contributed by atoms with van der Waals surface area (Å²) in [5, 5.41) is 2.77. The maximum atomic E-state index is 13.7. The van der Waals surface area contributed by atoms with Crippen molar-refractivity contribution in [3.05, 3.63) is 90.5 Å². The van der Waals surface area contributed by atoms with E-state index >= 15 is 0 Å². The summed E-state index contributed by atoms with van der Waals surface area (Å²) in [4.78, 5) is 52.1. The van der Waals surface area contributed by atoms with Gasteiger partial charge in [0.2, 0.25) is 15.9 Å². The van der Waals surface area contributed by atoms with Crippen LogP contribution in [0.15, 0.2) is 68.7 Å². The number of hydrogen-bond acceptors (Lipinski definition) is 9. The Balaban J connectivity index is 1.44. The summed E-state index contributed by atoms with van der Waals surface area (Å²) in [6.07, 6.45) is 5.38. The minimum Gasteiger partial charge on any atom is -0.462 e. The Hall–Kier alpha value is -4.30. The topological polar surface area (TPSA) is 145 Å². The number of anilines is 1. The van der Waals surface area contributed by atoms with Gasteiger partial charge in [0.1, 0.15) is 22.7 Å². The Kier molecular flexibility index (Phi) is 11.3. The Labute approximate surface area is 298 Å². The van der Waals surface area contributed by atoms with Crippen molar-refractivity contribution in [3.63, 3.8) is 0 Å². The molecule has 1 saturated heterocycles. The number of rotatable bonds is 10. The van der Waals surface area contributed by atoms with E-state index in [1.54, 1.807) is 64.1 Å². The van der Waals surface area contributed by atoms with Crippen molar-refractivity contribution in [3.8, 4) is 11.3 Å². The predicted octanol–water partition coefficient (Wildman–Crippen LogP) is 5.04. The first kappa shape index (κ1) is 37.0. The Morgan fingerprint density at radius 1 is 1.02 bits per heavy atom. The lowest BCUT2D eigenvalue weighted by molar-refractivity contribution is -0.120. The number of Topliss-reactive ketones (excluding diaryl/α,β-unsaturated/α-hetero) is 1. The standard InChI is InChI=1S/C36H38ClN3O8S2/c1-5-47-35(44)24-11-9-23(10-12-24)29-16-13-25(48-29)19-30-34(43)40(33(49-30)21-31(41)36(2,3)4)22-32(42)38-28-20-26(14-15-27(28)37)50(45,46)39-17-7-6-8-18-39/h9-16,19-21H,5-8,17-18,22H2,1-4H3,(H,38,42)/b30-19-,33-21-. The fourth-order valence-corrected chi connectivity index (χ4v) is 7.90. The van der Waals surface area contributed by atoms with Crippen LogP contribution >= 0.6 is 22.9 Å². The third-order valence-electron chi connectivity index (χ3n) is 7.98. The molecule has 0 bridgehead atoms. The molecule has 0 saturated carbocycles. The number of benzene rings is 2. The van der Waals surface area contributed by atoms with Gasteiger partial charge in [-0.05, 0) is 62.2 Å². The molecule has 50 heavy (non-hydrogen) atoms. The van der Waals surface area contributed by atoms with Gasteiger partial charge in [0.15, 0.2) is 5.78 Å². The lowest BCUT2D eigenvalue weighted by Crippen LogP contribution is -2.36. The minimum atomic E-state index is -3.79. The summed E-state index contributed by atoms with van der Waals surface area (Å²) in [6.45, 7) is 7.62. The van der Waals surface area contributed by atoms with Crippen molar-refractivity contribution in [1.82, 2.24) is 8.87 Å². The predicted molar refractivity (Wildman–Crippen MR) is 193 cm³/mol. The van der Waals surface area contributed by atoms with Crippen LogP contribution in [0.2, 0.25) is 5.02 Å². The molecule has 0 unspecified atom stereocenters. The number of furan rings is 1. The van der Waals surface area contributed by atoms with Crippen LogP contribution < -0.4 is 20.1 Å². The van der Waals surface area contributed by atoms with Crippen molar-refractivity contribution in [2.24, 2.45) is 5.41 Å². The first-order valence-electron chi connectivity index (χ1n) is 16.1. The normalized spacial score (nSPS) is 14.9. The molecule has 5 rings (SSSR count). The first-order valence-corrected chi connectivity index (χ1v) is 18.8. The van der Waals surface area contributed by atoms with E-state index in [9.17, 15) is 27.6 Å². The van der Waals surface area contributed by atoms with Gasteiger partial charge >= 0.3 is 5.97 Å². The maximum absolute atomic E-state index is 13.7. The van der Waals surface area contributed by atoms with Gasteiger partial charge in [-0.15, -0.1) is 11.3 Å². The average Bonchev–Trinajstić information content (AvgIpc) is 3.66. The highest BCUT2D eigenvalue weighted by molar-refractivity contribution is 7.89. The molecule has 264 valence electrons. The SMILES string of the molecule is CCOC(=O)c1ccc(-c2ccc(/C=c3\s/c(=C\C(=O)C(C)(C)C)n(CC(=O)Nc4cc(S(=O)(=O)N5CCCCC5)ccc4Cl)c3=O)o2)cc1. The molecule has 0 atom stereocenters. The molecule has 1 aliphatic heterocycles. The zero-order valence-corrected chi connectivity index (χ0v) is 30.5. The number of amides is 1. The number of carbonyl (C=O) groups is 3. The zero-order valence-electron chi connectivity index (χ0n) is 28.2. The van der Waals surface area contributed by atoms with Crippen molar-refractivity contribution < 1.29 is 32.0 Å². The largest absolute Gasteiger partial charge is 0.462 e. The molecule has 3 heterocycles. The van der Waals surface area contributed by atoms with Gasteiger partial charge in [-0.1, -0.05) is 50.9 Å². The van der Waals surface area contributed by atoms with Crippen LogP contribution in [-0.2, 0) is 30.9 Å². The number of ketones is 1. The number of ether oxygens (including phenoxy) is 1.